The predicted octanol–water partition coefficient (Wildman–Crippen LogP) is 2.05. The number of carbonyl (C=O) groups excluding carboxylic acids is 1. The van der Waals surface area contributed by atoms with Crippen LogP contribution in [0.3, 0.4) is 0 Å². The largest absolute Gasteiger partial charge is 0.438 e. The maximum Gasteiger partial charge on any atom is 0.438 e. The molecular formula is C9H8FN3O5. The molecule has 0 aliphatic rings. The molecular weight excluding hydrogens is 249 g/mol. The number of nitro groups is 1. The number of hydrogen-bond acceptors (Lipinski definition) is 6. The molecule has 0 atom stereocenters. The van der Waals surface area contributed by atoms with Crippen molar-refractivity contribution in [3.63, 3.8) is 0 Å². The van der Waals surface area contributed by atoms with Gasteiger partial charge in [0.05, 0.1) is 16.8 Å². The molecule has 1 rings (SSSR count). The number of benzene rings is 1. The Bertz CT molecular complexity index is 467. The van der Waals surface area contributed by atoms with Crippen LogP contribution < -0.4 is 4.74 Å². The fourth-order valence-electron chi connectivity index (χ4n) is 1.09. The van der Waals surface area contributed by atoms with Crippen LogP contribution in [0.5, 0.6) is 5.75 Å². The van der Waals surface area contributed by atoms with Crippen LogP contribution in [0.1, 0.15) is 0 Å². The minimum atomic E-state index is -1.28. The molecule has 0 saturated heterocycles. The summed E-state index contributed by atoms with van der Waals surface area (Å²) in [4.78, 5) is 31.4. The van der Waals surface area contributed by atoms with Gasteiger partial charge in [-0.1, -0.05) is 12.1 Å². The van der Waals surface area contributed by atoms with Crippen LogP contribution >= 0.6 is 0 Å². The molecule has 18 heavy (non-hydrogen) atoms. The van der Waals surface area contributed by atoms with Crippen LogP contribution in [-0.2, 0) is 0 Å². The van der Waals surface area contributed by atoms with Gasteiger partial charge >= 0.3 is 11.8 Å². The van der Waals surface area contributed by atoms with Gasteiger partial charge in [0.15, 0.2) is 0 Å². The molecule has 0 saturated carbocycles. The van der Waals surface area contributed by atoms with Gasteiger partial charge in [0.2, 0.25) is 5.75 Å². The smallest absolute Gasteiger partial charge is 0.401 e. The number of nitrogens with zero attached hydrogens (tertiary/aromatic N) is 3. The van der Waals surface area contributed by atoms with Crippen molar-refractivity contribution in [3.8, 4) is 5.75 Å². The van der Waals surface area contributed by atoms with Gasteiger partial charge in [-0.3, -0.25) is 10.1 Å². The van der Waals surface area contributed by atoms with Gasteiger partial charge in [-0.25, -0.2) is 9.18 Å². The number of rotatable bonds is 5. The van der Waals surface area contributed by atoms with E-state index in [9.17, 15) is 24.2 Å². The van der Waals surface area contributed by atoms with Gasteiger partial charge in [0, 0.05) is 6.07 Å². The number of hydrogen-bond donors (Lipinski definition) is 0. The Kier molecular flexibility index (Phi) is 4.67. The molecule has 0 radical (unpaired) electrons. The summed E-state index contributed by atoms with van der Waals surface area (Å²) < 4.78 is 16.6. The van der Waals surface area contributed by atoms with Gasteiger partial charge in [-0.05, 0) is 6.07 Å². The third-order valence-electron chi connectivity index (χ3n) is 1.86. The van der Waals surface area contributed by atoms with E-state index in [-0.39, 0.29) is 10.8 Å². The molecule has 0 fully saturated rings. The van der Waals surface area contributed by atoms with Crippen molar-refractivity contribution < 1.29 is 18.8 Å². The zero-order valence-corrected chi connectivity index (χ0v) is 8.98. The van der Waals surface area contributed by atoms with Crippen LogP contribution in [0.25, 0.3) is 0 Å². The third kappa shape index (κ3) is 3.20. The zero-order chi connectivity index (χ0) is 13.5. The first kappa shape index (κ1) is 13.5. The quantitative estimate of drug-likeness (QED) is 0.456. The lowest BCUT2D eigenvalue weighted by atomic mass is 10.3. The van der Waals surface area contributed by atoms with E-state index in [1.54, 1.807) is 0 Å². The summed E-state index contributed by atoms with van der Waals surface area (Å²) in [7, 11) is 0. The molecule has 96 valence electrons. The highest BCUT2D eigenvalue weighted by Crippen LogP contribution is 2.26. The summed E-state index contributed by atoms with van der Waals surface area (Å²) in [6.45, 7) is -1.57. The lowest BCUT2D eigenvalue weighted by molar-refractivity contribution is -0.385. The van der Waals surface area contributed by atoms with E-state index in [0.29, 0.717) is 0 Å². The molecule has 9 heteroatoms. The highest BCUT2D eigenvalue weighted by atomic mass is 19.1. The topological polar surface area (TPSA) is 102 Å². The molecule has 0 aromatic heterocycles. The standard InChI is InChI=1S/C9H8FN3O5/c10-5-6-12(11-15)9(14)18-8-4-2-1-3-7(8)13(16)17/h1-4H,5-6H2. The van der Waals surface area contributed by atoms with E-state index in [1.807, 2.05) is 0 Å². The zero-order valence-electron chi connectivity index (χ0n) is 8.98. The van der Waals surface area contributed by atoms with Crippen LogP contribution in [0.15, 0.2) is 29.6 Å². The number of carbonyl (C=O) groups is 1. The Hall–Kier alpha value is -2.58. The summed E-state index contributed by atoms with van der Waals surface area (Å²) in [5.41, 5.74) is -0.447. The molecule has 8 nitrogen and oxygen atoms in total. The van der Waals surface area contributed by atoms with Crippen molar-refractivity contribution in [3.05, 3.63) is 39.3 Å². The average Bonchev–Trinajstić information content (AvgIpc) is 2.36. The molecule has 0 spiro atoms. The summed E-state index contributed by atoms with van der Waals surface area (Å²) in [5, 5.41) is 13.1. The number of ether oxygens (including phenoxy) is 1. The SMILES string of the molecule is O=NN(CCF)C(=O)Oc1ccccc1[N+](=O)[O-]. The highest BCUT2D eigenvalue weighted by Gasteiger charge is 2.21. The predicted molar refractivity (Wildman–Crippen MR) is 57.6 cm³/mol. The summed E-state index contributed by atoms with van der Waals surface area (Å²) in [6.07, 6.45) is -1.28. The molecule has 0 N–H and O–H groups in total. The minimum absolute atomic E-state index is 0.191. The van der Waals surface area contributed by atoms with Crippen molar-refractivity contribution in [2.45, 2.75) is 0 Å². The van der Waals surface area contributed by atoms with Gasteiger partial charge in [-0.2, -0.15) is 5.01 Å². The van der Waals surface area contributed by atoms with Crippen molar-refractivity contribution >= 4 is 11.8 Å². The lowest BCUT2D eigenvalue weighted by Crippen LogP contribution is -2.30. The Morgan fingerprint density at radius 2 is 2.17 bits per heavy atom. The second-order valence-electron chi connectivity index (χ2n) is 2.99. The molecule has 0 heterocycles. The van der Waals surface area contributed by atoms with Crippen molar-refractivity contribution in [1.29, 1.82) is 0 Å². The Balaban J connectivity index is 2.87. The van der Waals surface area contributed by atoms with E-state index >= 15 is 0 Å². The van der Waals surface area contributed by atoms with Gasteiger partial charge in [-0.15, -0.1) is 4.91 Å². The molecule has 0 aliphatic heterocycles. The van der Waals surface area contributed by atoms with E-state index in [1.165, 1.54) is 18.2 Å². The Morgan fingerprint density at radius 3 is 2.72 bits per heavy atom. The first-order valence-electron chi connectivity index (χ1n) is 4.72. The van der Waals surface area contributed by atoms with Crippen molar-refractivity contribution in [2.24, 2.45) is 5.29 Å². The number of para-hydroxylation sites is 2. The lowest BCUT2D eigenvalue weighted by Gasteiger charge is -2.11. The van der Waals surface area contributed by atoms with Crippen LogP contribution in [-0.4, -0.2) is 29.2 Å². The molecule has 1 aromatic rings. The monoisotopic (exact) mass is 257 g/mol. The van der Waals surface area contributed by atoms with Crippen LogP contribution in [0.2, 0.25) is 0 Å². The first-order valence-corrected chi connectivity index (χ1v) is 4.72. The second-order valence-corrected chi connectivity index (χ2v) is 2.99. The second kappa shape index (κ2) is 6.23. The minimum Gasteiger partial charge on any atom is -0.401 e. The van der Waals surface area contributed by atoms with Gasteiger partial charge < -0.3 is 4.74 Å². The average molecular weight is 257 g/mol. The molecule has 0 aliphatic carbocycles. The van der Waals surface area contributed by atoms with Crippen molar-refractivity contribution in [2.75, 3.05) is 13.2 Å². The van der Waals surface area contributed by atoms with Crippen molar-refractivity contribution in [1.82, 2.24) is 5.01 Å². The maximum atomic E-state index is 12.0. The third-order valence-corrected chi connectivity index (χ3v) is 1.86. The maximum absolute atomic E-state index is 12.0. The summed E-state index contributed by atoms with van der Waals surface area (Å²) >= 11 is 0. The fraction of sp³-hybridized carbons (Fsp3) is 0.222. The number of nitro benzene ring substituents is 1. The molecule has 0 bridgehead atoms. The Labute approximate surface area is 100 Å². The first-order chi connectivity index (χ1) is 8.60. The van der Waals surface area contributed by atoms with Crippen LogP contribution in [0, 0.1) is 15.0 Å². The van der Waals surface area contributed by atoms with E-state index < -0.39 is 29.9 Å². The number of nitroso groups, excluding NO2 is 1. The normalized spacial score (nSPS) is 9.61. The summed E-state index contributed by atoms with van der Waals surface area (Å²) in [6, 6.07) is 5.08. The number of alkyl halides is 1. The van der Waals surface area contributed by atoms with Gasteiger partial charge in [0.1, 0.15) is 6.67 Å². The fourth-order valence-corrected chi connectivity index (χ4v) is 1.09. The Morgan fingerprint density at radius 1 is 1.50 bits per heavy atom. The molecule has 0 unspecified atom stereocenters. The highest BCUT2D eigenvalue weighted by molar-refractivity contribution is 5.71. The van der Waals surface area contributed by atoms with Crippen LogP contribution in [0.4, 0.5) is 14.9 Å². The number of halogens is 1. The number of amides is 1. The van der Waals surface area contributed by atoms with E-state index in [2.05, 4.69) is 10.0 Å². The van der Waals surface area contributed by atoms with E-state index in [4.69, 9.17) is 0 Å². The molecule has 1 aromatic carbocycles. The van der Waals surface area contributed by atoms with Gasteiger partial charge in [0.25, 0.3) is 0 Å². The molecule has 1 amide bonds. The summed E-state index contributed by atoms with van der Waals surface area (Å²) in [5.74, 6) is -0.347. The van der Waals surface area contributed by atoms with E-state index in [0.717, 1.165) is 6.07 Å².